The molecule has 0 radical (unpaired) electrons. The van der Waals surface area contributed by atoms with Gasteiger partial charge in [-0.15, -0.1) is 0 Å². The molecule has 146 valence electrons. The van der Waals surface area contributed by atoms with Crippen LogP contribution < -0.4 is 19.5 Å². The van der Waals surface area contributed by atoms with Crippen molar-refractivity contribution in [2.24, 2.45) is 10.9 Å². The molecule has 1 aromatic carbocycles. The summed E-state index contributed by atoms with van der Waals surface area (Å²) in [5.41, 5.74) is 2.64. The zero-order valence-electron chi connectivity index (χ0n) is 17.0. The van der Waals surface area contributed by atoms with Gasteiger partial charge in [-0.05, 0) is 25.0 Å². The van der Waals surface area contributed by atoms with E-state index in [1.807, 2.05) is 36.2 Å². The van der Waals surface area contributed by atoms with Crippen molar-refractivity contribution in [3.63, 3.8) is 0 Å². The fraction of sp³-hybridized carbons (Fsp3) is 0.381. The number of rotatable bonds is 7. The first-order valence-corrected chi connectivity index (χ1v) is 8.90. The van der Waals surface area contributed by atoms with Gasteiger partial charge in [-0.3, -0.25) is 0 Å². The van der Waals surface area contributed by atoms with Gasteiger partial charge in [0.15, 0.2) is 11.5 Å². The van der Waals surface area contributed by atoms with Crippen LogP contribution in [0.1, 0.15) is 26.3 Å². The minimum Gasteiger partial charge on any atom is -0.493 e. The van der Waals surface area contributed by atoms with E-state index >= 15 is 0 Å². The molecule has 0 unspecified atom stereocenters. The number of hydrogen-bond acceptors (Lipinski definition) is 6. The fourth-order valence-electron chi connectivity index (χ4n) is 2.80. The molecule has 0 bridgehead atoms. The Kier molecular flexibility index (Phi) is 6.93. The highest BCUT2D eigenvalue weighted by Gasteiger charge is 2.22. The summed E-state index contributed by atoms with van der Waals surface area (Å²) in [6.45, 7) is 11.3. The number of nitrogens with zero attached hydrogens (tertiary/aromatic N) is 2. The topological polar surface area (TPSA) is 55.3 Å². The van der Waals surface area contributed by atoms with E-state index in [-0.39, 0.29) is 0 Å². The maximum absolute atomic E-state index is 5.49. The van der Waals surface area contributed by atoms with Crippen LogP contribution in [0.3, 0.4) is 0 Å². The van der Waals surface area contributed by atoms with E-state index in [4.69, 9.17) is 14.2 Å². The van der Waals surface area contributed by atoms with E-state index in [1.54, 1.807) is 27.5 Å². The van der Waals surface area contributed by atoms with Crippen LogP contribution in [0, 0.1) is 5.92 Å². The molecule has 27 heavy (non-hydrogen) atoms. The van der Waals surface area contributed by atoms with Crippen LogP contribution in [0.5, 0.6) is 17.2 Å². The molecule has 1 aliphatic rings. The zero-order chi connectivity index (χ0) is 20.0. The number of ether oxygens (including phenoxy) is 3. The lowest BCUT2D eigenvalue weighted by molar-refractivity contribution is 0.324. The first-order chi connectivity index (χ1) is 13.0. The zero-order valence-corrected chi connectivity index (χ0v) is 17.0. The van der Waals surface area contributed by atoms with Gasteiger partial charge in [-0.25, -0.2) is 4.99 Å². The predicted octanol–water partition coefficient (Wildman–Crippen LogP) is 4.02. The Hall–Kier alpha value is -2.89. The van der Waals surface area contributed by atoms with Gasteiger partial charge in [0.05, 0.1) is 27.0 Å². The molecular formula is C21H29N3O3. The molecule has 1 heterocycles. The SMILES string of the molecule is C=C1C(NCC(C)C)=NC=CN1/C(=C\C)c1cc(OC)c(OC)c(OC)c1. The minimum absolute atomic E-state index is 0.510. The first-order valence-electron chi connectivity index (χ1n) is 8.90. The lowest BCUT2D eigenvalue weighted by Crippen LogP contribution is -2.35. The molecule has 1 N–H and O–H groups in total. The Morgan fingerprint density at radius 2 is 1.81 bits per heavy atom. The number of hydrogen-bond donors (Lipinski definition) is 1. The minimum atomic E-state index is 0.510. The number of allylic oxidation sites excluding steroid dienone is 1. The van der Waals surface area contributed by atoms with Gasteiger partial charge in [-0.2, -0.15) is 0 Å². The van der Waals surface area contributed by atoms with Crippen molar-refractivity contribution in [2.75, 3.05) is 27.9 Å². The molecule has 0 atom stereocenters. The Balaban J connectivity index is 2.39. The van der Waals surface area contributed by atoms with E-state index < -0.39 is 0 Å². The van der Waals surface area contributed by atoms with E-state index in [1.165, 1.54) is 0 Å². The molecule has 6 nitrogen and oxygen atoms in total. The summed E-state index contributed by atoms with van der Waals surface area (Å²) in [5.74, 6) is 3.04. The summed E-state index contributed by atoms with van der Waals surface area (Å²) in [6, 6.07) is 3.84. The number of benzene rings is 1. The second-order valence-electron chi connectivity index (χ2n) is 6.46. The van der Waals surface area contributed by atoms with Crippen molar-refractivity contribution < 1.29 is 14.2 Å². The average Bonchev–Trinajstić information content (AvgIpc) is 2.67. The Morgan fingerprint density at radius 3 is 2.30 bits per heavy atom. The molecule has 0 spiro atoms. The smallest absolute Gasteiger partial charge is 0.203 e. The summed E-state index contributed by atoms with van der Waals surface area (Å²) in [5, 5.41) is 3.36. The normalized spacial score (nSPS) is 14.3. The third kappa shape index (κ3) is 4.45. The summed E-state index contributed by atoms with van der Waals surface area (Å²) in [4.78, 5) is 6.42. The van der Waals surface area contributed by atoms with Crippen LogP contribution >= 0.6 is 0 Å². The third-order valence-corrected chi connectivity index (χ3v) is 4.15. The first kappa shape index (κ1) is 20.4. The number of nitrogens with one attached hydrogen (secondary N) is 1. The predicted molar refractivity (Wildman–Crippen MR) is 110 cm³/mol. The largest absolute Gasteiger partial charge is 0.493 e. The highest BCUT2D eigenvalue weighted by Crippen LogP contribution is 2.41. The van der Waals surface area contributed by atoms with Crippen molar-refractivity contribution in [1.29, 1.82) is 0 Å². The van der Waals surface area contributed by atoms with E-state index in [0.29, 0.717) is 23.2 Å². The van der Waals surface area contributed by atoms with Crippen LogP contribution in [0.15, 0.2) is 47.9 Å². The second kappa shape index (κ2) is 9.16. The summed E-state index contributed by atoms with van der Waals surface area (Å²) in [6.07, 6.45) is 5.67. The Morgan fingerprint density at radius 1 is 1.19 bits per heavy atom. The van der Waals surface area contributed by atoms with Gasteiger partial charge in [-0.1, -0.05) is 26.5 Å². The molecule has 6 heteroatoms. The molecule has 1 aliphatic heterocycles. The van der Waals surface area contributed by atoms with Crippen molar-refractivity contribution >= 4 is 11.5 Å². The van der Waals surface area contributed by atoms with E-state index in [2.05, 4.69) is 30.7 Å². The van der Waals surface area contributed by atoms with Gasteiger partial charge in [0.1, 0.15) is 5.84 Å². The molecule has 0 fully saturated rings. The van der Waals surface area contributed by atoms with Crippen LogP contribution in [-0.2, 0) is 0 Å². The monoisotopic (exact) mass is 371 g/mol. The maximum Gasteiger partial charge on any atom is 0.203 e. The van der Waals surface area contributed by atoms with Crippen LogP contribution in [0.2, 0.25) is 0 Å². The fourth-order valence-corrected chi connectivity index (χ4v) is 2.80. The van der Waals surface area contributed by atoms with Crippen molar-refractivity contribution in [3.8, 4) is 17.2 Å². The number of methoxy groups -OCH3 is 3. The highest BCUT2D eigenvalue weighted by atomic mass is 16.5. The molecule has 0 amide bonds. The number of amidine groups is 1. The lowest BCUT2D eigenvalue weighted by atomic mass is 10.1. The van der Waals surface area contributed by atoms with Crippen molar-refractivity contribution in [2.45, 2.75) is 20.8 Å². The highest BCUT2D eigenvalue weighted by molar-refractivity contribution is 6.00. The summed E-state index contributed by atoms with van der Waals surface area (Å²) in [7, 11) is 4.81. The number of aliphatic imine (C=N–C) groups is 1. The van der Waals surface area contributed by atoms with E-state index in [9.17, 15) is 0 Å². The van der Waals surface area contributed by atoms with Crippen LogP contribution in [0.25, 0.3) is 5.70 Å². The summed E-state index contributed by atoms with van der Waals surface area (Å²) < 4.78 is 16.4. The van der Waals surface area contributed by atoms with Gasteiger partial charge in [0.2, 0.25) is 5.75 Å². The second-order valence-corrected chi connectivity index (χ2v) is 6.46. The van der Waals surface area contributed by atoms with Crippen molar-refractivity contribution in [1.82, 2.24) is 10.2 Å². The Labute approximate surface area is 161 Å². The Bertz CT molecular complexity index is 754. The molecule has 0 aromatic heterocycles. The maximum atomic E-state index is 5.49. The molecule has 0 saturated heterocycles. The molecule has 0 saturated carbocycles. The van der Waals surface area contributed by atoms with Crippen LogP contribution in [0.4, 0.5) is 0 Å². The standard InChI is InChI=1S/C21H29N3O3/c1-8-17(16-11-18(25-5)20(27-7)19(12-16)26-6)24-10-9-22-21(15(24)4)23-13-14(2)3/h8-12,14H,4,13H2,1-3,5-7H3,(H,22,23)/b17-8-. The van der Waals surface area contributed by atoms with Crippen molar-refractivity contribution in [3.05, 3.63) is 48.4 Å². The molecule has 2 rings (SSSR count). The van der Waals surface area contributed by atoms with Crippen LogP contribution in [-0.4, -0.2) is 38.6 Å². The van der Waals surface area contributed by atoms with Gasteiger partial charge < -0.3 is 24.4 Å². The molecule has 1 aromatic rings. The average molecular weight is 371 g/mol. The quantitative estimate of drug-likeness (QED) is 0.785. The molecule has 0 aliphatic carbocycles. The lowest BCUT2D eigenvalue weighted by Gasteiger charge is -2.29. The van der Waals surface area contributed by atoms with E-state index in [0.717, 1.165) is 29.3 Å². The van der Waals surface area contributed by atoms with Gasteiger partial charge >= 0.3 is 0 Å². The summed E-state index contributed by atoms with van der Waals surface area (Å²) >= 11 is 0. The van der Waals surface area contributed by atoms with Gasteiger partial charge in [0.25, 0.3) is 0 Å². The van der Waals surface area contributed by atoms with Gasteiger partial charge in [0, 0.05) is 30.2 Å². The molecular weight excluding hydrogens is 342 g/mol. The third-order valence-electron chi connectivity index (χ3n) is 4.15.